The lowest BCUT2D eigenvalue weighted by molar-refractivity contribution is -0.120. The molecule has 0 saturated carbocycles. The fourth-order valence-electron chi connectivity index (χ4n) is 2.91. The number of hydrogen-bond donors (Lipinski definition) is 1. The molecule has 0 bridgehead atoms. The second-order valence-corrected chi connectivity index (χ2v) is 5.85. The minimum Gasteiger partial charge on any atom is -0.341 e. The second-order valence-electron chi connectivity index (χ2n) is 5.85. The first kappa shape index (κ1) is 15.5. The lowest BCUT2D eigenvalue weighted by Crippen LogP contribution is -2.39. The second kappa shape index (κ2) is 7.22. The highest BCUT2D eigenvalue weighted by Crippen LogP contribution is 2.22. The summed E-state index contributed by atoms with van der Waals surface area (Å²) in [7, 11) is 0. The number of nitrogens with one attached hydrogen (secondary N) is 1. The highest BCUT2D eigenvalue weighted by atomic mass is 16.1. The van der Waals surface area contributed by atoms with Crippen molar-refractivity contribution in [3.8, 4) is 0 Å². The van der Waals surface area contributed by atoms with Crippen molar-refractivity contribution in [1.29, 1.82) is 0 Å². The van der Waals surface area contributed by atoms with Gasteiger partial charge in [0.15, 0.2) is 0 Å². The largest absolute Gasteiger partial charge is 0.341 e. The van der Waals surface area contributed by atoms with E-state index in [1.807, 2.05) is 24.3 Å². The van der Waals surface area contributed by atoms with Gasteiger partial charge in [-0.05, 0) is 43.0 Å². The molecule has 120 valence electrons. The number of benzene rings is 1. The molecule has 0 radical (unpaired) electrons. The number of carbonyl (C=O) groups excluding carboxylic acids is 1. The maximum Gasteiger partial charge on any atom is 0.227 e. The molecule has 3 rings (SSSR count). The van der Waals surface area contributed by atoms with Crippen molar-refractivity contribution in [3.63, 3.8) is 0 Å². The van der Waals surface area contributed by atoms with Crippen molar-refractivity contribution in [2.75, 3.05) is 23.3 Å². The molecule has 1 aromatic carbocycles. The van der Waals surface area contributed by atoms with E-state index in [9.17, 15) is 4.79 Å². The van der Waals surface area contributed by atoms with E-state index in [1.54, 1.807) is 12.4 Å². The summed E-state index contributed by atoms with van der Waals surface area (Å²) < 4.78 is 0. The molecule has 1 aromatic heterocycles. The van der Waals surface area contributed by atoms with Gasteiger partial charge in [0.1, 0.15) is 0 Å². The lowest BCUT2D eigenvalue weighted by atomic mass is 9.96. The van der Waals surface area contributed by atoms with Gasteiger partial charge in [0.2, 0.25) is 11.9 Å². The van der Waals surface area contributed by atoms with Crippen LogP contribution in [0.5, 0.6) is 0 Å². The van der Waals surface area contributed by atoms with Crippen LogP contribution in [0.4, 0.5) is 11.6 Å². The summed E-state index contributed by atoms with van der Waals surface area (Å²) >= 11 is 0. The number of nitrogens with zero attached hydrogens (tertiary/aromatic N) is 3. The molecule has 1 amide bonds. The van der Waals surface area contributed by atoms with Crippen LogP contribution in [0.25, 0.3) is 0 Å². The summed E-state index contributed by atoms with van der Waals surface area (Å²) in [6, 6.07) is 9.88. The molecule has 5 heteroatoms. The van der Waals surface area contributed by atoms with Crippen LogP contribution in [0.3, 0.4) is 0 Å². The molecular weight excluding hydrogens is 288 g/mol. The Labute approximate surface area is 136 Å². The summed E-state index contributed by atoms with van der Waals surface area (Å²) in [4.78, 5) is 23.1. The Morgan fingerprint density at radius 2 is 1.96 bits per heavy atom. The summed E-state index contributed by atoms with van der Waals surface area (Å²) in [6.45, 7) is 3.75. The number of aryl methyl sites for hydroxylation is 1. The van der Waals surface area contributed by atoms with Crippen molar-refractivity contribution >= 4 is 17.5 Å². The molecule has 0 aliphatic carbocycles. The van der Waals surface area contributed by atoms with Gasteiger partial charge in [-0.2, -0.15) is 0 Å². The molecule has 2 heterocycles. The van der Waals surface area contributed by atoms with Gasteiger partial charge in [-0.25, -0.2) is 9.97 Å². The number of rotatable bonds is 4. The molecule has 1 aliphatic heterocycles. The lowest BCUT2D eigenvalue weighted by Gasteiger charge is -2.31. The number of amides is 1. The number of carbonyl (C=O) groups is 1. The van der Waals surface area contributed by atoms with E-state index < -0.39 is 0 Å². The SMILES string of the molecule is CCc1cccc(NC(=O)C2CCN(c3ncccn3)CC2)c1. The van der Waals surface area contributed by atoms with Gasteiger partial charge in [-0.3, -0.25) is 4.79 Å². The quantitative estimate of drug-likeness (QED) is 0.943. The van der Waals surface area contributed by atoms with E-state index in [4.69, 9.17) is 0 Å². The van der Waals surface area contributed by atoms with Gasteiger partial charge in [0.05, 0.1) is 0 Å². The van der Waals surface area contributed by atoms with E-state index in [0.29, 0.717) is 0 Å². The van der Waals surface area contributed by atoms with E-state index in [0.717, 1.165) is 44.0 Å². The summed E-state index contributed by atoms with van der Waals surface area (Å²) in [5.41, 5.74) is 2.13. The van der Waals surface area contributed by atoms with E-state index in [2.05, 4.69) is 33.2 Å². The first-order valence-electron chi connectivity index (χ1n) is 8.18. The molecule has 1 N–H and O–H groups in total. The number of piperidine rings is 1. The third-order valence-corrected chi connectivity index (χ3v) is 4.30. The maximum absolute atomic E-state index is 12.4. The monoisotopic (exact) mass is 310 g/mol. The molecular formula is C18H22N4O. The fourth-order valence-corrected chi connectivity index (χ4v) is 2.91. The summed E-state index contributed by atoms with van der Waals surface area (Å²) in [6.07, 6.45) is 6.14. The van der Waals surface area contributed by atoms with Crippen LogP contribution in [0.15, 0.2) is 42.7 Å². The Morgan fingerprint density at radius 1 is 1.22 bits per heavy atom. The van der Waals surface area contributed by atoms with Crippen molar-refractivity contribution in [2.45, 2.75) is 26.2 Å². The zero-order chi connectivity index (χ0) is 16.1. The molecule has 0 spiro atoms. The third-order valence-electron chi connectivity index (χ3n) is 4.30. The minimum absolute atomic E-state index is 0.0558. The third kappa shape index (κ3) is 3.86. The predicted octanol–water partition coefficient (Wildman–Crippen LogP) is 2.89. The van der Waals surface area contributed by atoms with Gasteiger partial charge >= 0.3 is 0 Å². The van der Waals surface area contributed by atoms with Crippen LogP contribution >= 0.6 is 0 Å². The molecule has 2 aromatic rings. The topological polar surface area (TPSA) is 58.1 Å². The van der Waals surface area contributed by atoms with Crippen LogP contribution in [0.2, 0.25) is 0 Å². The normalized spacial score (nSPS) is 15.4. The number of hydrogen-bond acceptors (Lipinski definition) is 4. The first-order chi connectivity index (χ1) is 11.3. The molecule has 0 atom stereocenters. The molecule has 1 saturated heterocycles. The van der Waals surface area contributed by atoms with Crippen molar-refractivity contribution < 1.29 is 4.79 Å². The molecule has 1 fully saturated rings. The van der Waals surface area contributed by atoms with Crippen molar-refractivity contribution in [2.24, 2.45) is 5.92 Å². The van der Waals surface area contributed by atoms with E-state index >= 15 is 0 Å². The molecule has 5 nitrogen and oxygen atoms in total. The maximum atomic E-state index is 12.4. The van der Waals surface area contributed by atoms with Gasteiger partial charge < -0.3 is 10.2 Å². The Morgan fingerprint density at radius 3 is 2.65 bits per heavy atom. The summed E-state index contributed by atoms with van der Waals surface area (Å²) in [5, 5.41) is 3.05. The van der Waals surface area contributed by atoms with Gasteiger partial charge in [-0.1, -0.05) is 19.1 Å². The Bertz CT molecular complexity index is 651. The molecule has 23 heavy (non-hydrogen) atoms. The Kier molecular flexibility index (Phi) is 4.86. The average molecular weight is 310 g/mol. The van der Waals surface area contributed by atoms with Crippen LogP contribution in [0.1, 0.15) is 25.3 Å². The molecule has 0 unspecified atom stereocenters. The van der Waals surface area contributed by atoms with E-state index in [-0.39, 0.29) is 11.8 Å². The highest BCUT2D eigenvalue weighted by Gasteiger charge is 2.26. The van der Waals surface area contributed by atoms with Crippen LogP contribution in [0, 0.1) is 5.92 Å². The van der Waals surface area contributed by atoms with Crippen LogP contribution in [-0.4, -0.2) is 29.0 Å². The van der Waals surface area contributed by atoms with Crippen LogP contribution < -0.4 is 10.2 Å². The van der Waals surface area contributed by atoms with Crippen molar-refractivity contribution in [3.05, 3.63) is 48.3 Å². The summed E-state index contributed by atoms with van der Waals surface area (Å²) in [5.74, 6) is 0.925. The standard InChI is InChI=1S/C18H22N4O/c1-2-14-5-3-6-16(13-14)21-17(23)15-7-11-22(12-8-15)18-19-9-4-10-20-18/h3-6,9-10,13,15H,2,7-8,11-12H2,1H3,(H,21,23). The Balaban J connectivity index is 1.56. The van der Waals surface area contributed by atoms with Gasteiger partial charge in [0.25, 0.3) is 0 Å². The number of anilines is 2. The van der Waals surface area contributed by atoms with Crippen LogP contribution in [-0.2, 0) is 11.2 Å². The zero-order valence-corrected chi connectivity index (χ0v) is 13.4. The Hall–Kier alpha value is -2.43. The van der Waals surface area contributed by atoms with Gasteiger partial charge in [-0.15, -0.1) is 0 Å². The minimum atomic E-state index is 0.0558. The van der Waals surface area contributed by atoms with Gasteiger partial charge in [0, 0.05) is 37.1 Å². The predicted molar refractivity (Wildman–Crippen MR) is 91.4 cm³/mol. The first-order valence-corrected chi connectivity index (χ1v) is 8.18. The highest BCUT2D eigenvalue weighted by molar-refractivity contribution is 5.92. The van der Waals surface area contributed by atoms with E-state index in [1.165, 1.54) is 5.56 Å². The smallest absolute Gasteiger partial charge is 0.227 e. The number of aromatic nitrogens is 2. The molecule has 1 aliphatic rings. The average Bonchev–Trinajstić information content (AvgIpc) is 2.63. The zero-order valence-electron chi connectivity index (χ0n) is 13.4. The van der Waals surface area contributed by atoms with Crippen molar-refractivity contribution in [1.82, 2.24) is 9.97 Å². The fraction of sp³-hybridized carbons (Fsp3) is 0.389.